The van der Waals surface area contributed by atoms with E-state index in [0.717, 1.165) is 18.0 Å². The molecule has 8 N–H and O–H groups in total. The lowest BCUT2D eigenvalue weighted by Gasteiger charge is -2.55. The highest BCUT2D eigenvalue weighted by Gasteiger charge is 2.50. The van der Waals surface area contributed by atoms with Gasteiger partial charge in [0.2, 0.25) is 0 Å². The van der Waals surface area contributed by atoms with Crippen LogP contribution in [0.25, 0.3) is 0 Å². The smallest absolute Gasteiger partial charge is 0.394 e. The van der Waals surface area contributed by atoms with Gasteiger partial charge in [0.1, 0.15) is 6.79 Å². The molecule has 2 aromatic rings. The summed E-state index contributed by atoms with van der Waals surface area (Å²) in [5.41, 5.74) is 12.4. The van der Waals surface area contributed by atoms with Gasteiger partial charge in [-0.3, -0.25) is 13.9 Å². The number of nitrogens with zero attached hydrogens (tertiary/aromatic N) is 1. The zero-order valence-corrected chi connectivity index (χ0v) is 26.7. The van der Waals surface area contributed by atoms with Crippen molar-refractivity contribution in [2.24, 2.45) is 17.1 Å². The topological polar surface area (TPSA) is 195 Å². The first-order valence-electron chi connectivity index (χ1n) is 13.0. The van der Waals surface area contributed by atoms with E-state index >= 15 is 0 Å². The minimum absolute atomic E-state index is 0. The molecule has 230 valence electrons. The Balaban J connectivity index is 0. The van der Waals surface area contributed by atoms with Crippen molar-refractivity contribution in [2.45, 2.75) is 78.1 Å². The molecule has 4 rings (SSSR count). The molecule has 9 nitrogen and oxygen atoms in total. The predicted molar refractivity (Wildman–Crippen MR) is 167 cm³/mol. The van der Waals surface area contributed by atoms with Gasteiger partial charge in [0, 0.05) is 5.56 Å². The van der Waals surface area contributed by atoms with Crippen LogP contribution < -0.4 is 11.9 Å². The quantitative estimate of drug-likeness (QED) is 0.135. The van der Waals surface area contributed by atoms with Crippen LogP contribution in [0.5, 0.6) is 0 Å². The van der Waals surface area contributed by atoms with E-state index in [1.165, 1.54) is 43.1 Å². The van der Waals surface area contributed by atoms with E-state index in [0.29, 0.717) is 16.7 Å². The summed E-state index contributed by atoms with van der Waals surface area (Å²) >= 11 is 3.70. The van der Waals surface area contributed by atoms with Gasteiger partial charge in [-0.25, -0.2) is 5.26 Å². The number of aryl methyl sites for hydroxylation is 1. The van der Waals surface area contributed by atoms with Crippen molar-refractivity contribution in [3.05, 3.63) is 70.8 Å². The number of nitriles is 1. The second-order valence-corrected chi connectivity index (χ2v) is 11.8. The fourth-order valence-corrected chi connectivity index (χ4v) is 5.92. The third kappa shape index (κ3) is 12.8. The van der Waals surface area contributed by atoms with Crippen molar-refractivity contribution in [2.75, 3.05) is 6.54 Å². The molecule has 0 amide bonds. The molecular weight excluding hydrogens is 562 g/mol. The van der Waals surface area contributed by atoms with Crippen molar-refractivity contribution in [3.8, 4) is 5.40 Å². The van der Waals surface area contributed by atoms with Crippen molar-refractivity contribution >= 4 is 35.6 Å². The minimum atomic E-state index is -4.67. The number of fused-ring (bicyclic) bond motifs is 3. The Labute approximate surface area is 251 Å². The van der Waals surface area contributed by atoms with Crippen LogP contribution in [-0.4, -0.2) is 36.6 Å². The Bertz CT molecular complexity index is 1210. The average Bonchev–Trinajstić information content (AvgIpc) is 2.90. The maximum absolute atomic E-state index is 10.6. The Kier molecular flexibility index (Phi) is 18.4. The third-order valence-electron chi connectivity index (χ3n) is 7.81. The van der Waals surface area contributed by atoms with Crippen molar-refractivity contribution in [3.63, 3.8) is 0 Å². The van der Waals surface area contributed by atoms with Gasteiger partial charge in [-0.15, -0.1) is 0 Å². The summed E-state index contributed by atoms with van der Waals surface area (Å²) in [5.74, 6) is 1.50. The van der Waals surface area contributed by atoms with E-state index in [4.69, 9.17) is 33.3 Å². The average molecular weight is 610 g/mol. The van der Waals surface area contributed by atoms with Crippen LogP contribution in [0.1, 0.15) is 93.3 Å². The van der Waals surface area contributed by atoms with E-state index in [1.54, 1.807) is 18.1 Å². The molecular formula is C30H47N3O6S2. The maximum Gasteiger partial charge on any atom is 0.394 e. The van der Waals surface area contributed by atoms with E-state index in [9.17, 15) is 4.79 Å². The Hall–Kier alpha value is -2.72. The number of ketones is 1. The molecule has 0 bridgehead atoms. The van der Waals surface area contributed by atoms with Crippen molar-refractivity contribution in [1.82, 2.24) is 6.15 Å². The van der Waals surface area contributed by atoms with Gasteiger partial charge in [-0.1, -0.05) is 88.0 Å². The molecule has 0 heterocycles. The molecule has 41 heavy (non-hydrogen) atoms. The molecule has 2 aromatic carbocycles. The molecule has 2 aliphatic rings. The maximum atomic E-state index is 10.6. The molecule has 0 radical (unpaired) electrons. The van der Waals surface area contributed by atoms with E-state index in [-0.39, 0.29) is 11.9 Å². The van der Waals surface area contributed by atoms with E-state index < -0.39 is 10.4 Å². The SMILES string of the molecule is C=O.CC(=O)c1ccccc1.CC(C)c1ccc2c(c1)CCC1C(C)(CN)CCCC21C.N#C[S-].O=S(=O)(O)O.[NH4+]. The zero-order chi connectivity index (χ0) is 31.1. The predicted octanol–water partition coefficient (Wildman–Crippen LogP) is 6.22. The van der Waals surface area contributed by atoms with Gasteiger partial charge < -0.3 is 29.3 Å². The molecule has 3 unspecified atom stereocenters. The Morgan fingerprint density at radius 1 is 1.15 bits per heavy atom. The van der Waals surface area contributed by atoms with Gasteiger partial charge in [-0.05, 0) is 78.5 Å². The zero-order valence-electron chi connectivity index (χ0n) is 25.1. The third-order valence-corrected chi connectivity index (χ3v) is 7.81. The second kappa shape index (κ2) is 18.7. The van der Waals surface area contributed by atoms with Crippen LogP contribution in [0.15, 0.2) is 48.5 Å². The number of rotatable bonds is 3. The number of Topliss-reactive ketones (excluding diaryl/α,β-unsaturated/α-hetero) is 1. The summed E-state index contributed by atoms with van der Waals surface area (Å²) in [6, 6.07) is 16.5. The fourth-order valence-electron chi connectivity index (χ4n) is 5.92. The summed E-state index contributed by atoms with van der Waals surface area (Å²) in [6.07, 6.45) is 6.53. The number of hydrogen-bond donors (Lipinski definition) is 4. The number of carbonyl (C=O) groups is 2. The highest BCUT2D eigenvalue weighted by atomic mass is 32.3. The molecule has 11 heteroatoms. The van der Waals surface area contributed by atoms with Crippen LogP contribution in [-0.2, 0) is 39.7 Å². The molecule has 1 saturated carbocycles. The normalized spacial score (nSPS) is 21.8. The number of nitrogens with two attached hydrogens (primary N) is 1. The van der Waals surface area contributed by atoms with Gasteiger partial charge >= 0.3 is 10.4 Å². The highest BCUT2D eigenvalue weighted by molar-refractivity contribution is 7.79. The lowest BCUT2D eigenvalue weighted by molar-refractivity contribution is -0.0980. The van der Waals surface area contributed by atoms with Gasteiger partial charge in [0.15, 0.2) is 5.78 Å². The summed E-state index contributed by atoms with van der Waals surface area (Å²) in [7, 11) is -4.67. The van der Waals surface area contributed by atoms with Crippen LogP contribution in [0.2, 0.25) is 0 Å². The lowest BCUT2D eigenvalue weighted by Crippen LogP contribution is -2.51. The van der Waals surface area contributed by atoms with E-state index in [1.807, 2.05) is 37.1 Å². The molecule has 0 saturated heterocycles. The van der Waals surface area contributed by atoms with E-state index in [2.05, 4.69) is 58.5 Å². The first-order valence-corrected chi connectivity index (χ1v) is 14.8. The fraction of sp³-hybridized carbons (Fsp3) is 0.500. The molecule has 0 aliphatic heterocycles. The van der Waals surface area contributed by atoms with Crippen molar-refractivity contribution < 1.29 is 27.1 Å². The number of benzene rings is 2. The summed E-state index contributed by atoms with van der Waals surface area (Å²) in [6.45, 7) is 13.9. The van der Waals surface area contributed by atoms with Crippen LogP contribution >= 0.6 is 0 Å². The first kappa shape index (κ1) is 40.4. The monoisotopic (exact) mass is 609 g/mol. The van der Waals surface area contributed by atoms with Crippen LogP contribution in [0, 0.1) is 22.0 Å². The molecule has 0 spiro atoms. The largest absolute Gasteiger partial charge is 0.696 e. The van der Waals surface area contributed by atoms with Crippen LogP contribution in [0.3, 0.4) is 0 Å². The standard InChI is InChI=1S/C20H31N.C8H8O.CHNS.CH2O.H3N.H2O4S/c1-14(2)15-6-8-17-16(12-15)7-9-18-19(3,13-21)10-5-11-20(17,18)4;1-7(9)8-5-3-2-4-6-8;2-1-3;1-2;;1-5(2,3)4/h6,8,12,14,18H,5,7,9-11,13,21H2,1-4H3;2-6H,1H3;3H;1H2;1H3;(H2,1,2,3,4). The first-order chi connectivity index (χ1) is 18.6. The number of carbonyl (C=O) groups excluding carboxylic acids is 2. The van der Waals surface area contributed by atoms with Gasteiger partial charge in [0.05, 0.1) is 0 Å². The summed E-state index contributed by atoms with van der Waals surface area (Å²) < 4.78 is 31.6. The number of quaternary nitrogens is 1. The lowest BCUT2D eigenvalue weighted by atomic mass is 9.50. The Morgan fingerprint density at radius 2 is 1.66 bits per heavy atom. The van der Waals surface area contributed by atoms with Crippen LogP contribution in [0.4, 0.5) is 0 Å². The molecule has 2 aliphatic carbocycles. The number of hydrogen-bond acceptors (Lipinski definition) is 7. The molecule has 3 atom stereocenters. The van der Waals surface area contributed by atoms with Crippen molar-refractivity contribution in [1.29, 1.82) is 5.26 Å². The molecule has 0 aromatic heterocycles. The summed E-state index contributed by atoms with van der Waals surface area (Å²) in [4.78, 5) is 18.6. The highest BCUT2D eigenvalue weighted by Crippen LogP contribution is 2.56. The van der Waals surface area contributed by atoms with Gasteiger partial charge in [0.25, 0.3) is 0 Å². The second-order valence-electron chi connectivity index (χ2n) is 10.8. The summed E-state index contributed by atoms with van der Waals surface area (Å²) in [5, 5.41) is 8.47. The minimum Gasteiger partial charge on any atom is -0.696 e. The Morgan fingerprint density at radius 3 is 2.07 bits per heavy atom. The molecule has 1 fully saturated rings. The van der Waals surface area contributed by atoms with Gasteiger partial charge in [-0.2, -0.15) is 8.42 Å². The number of thiocyanates is 1.